The van der Waals surface area contributed by atoms with Crippen molar-refractivity contribution in [2.45, 2.75) is 27.3 Å². The lowest BCUT2D eigenvalue weighted by atomic mass is 10.1. The summed E-state index contributed by atoms with van der Waals surface area (Å²) in [6.45, 7) is 14.0. The molecule has 1 N–H and O–H groups in total. The summed E-state index contributed by atoms with van der Waals surface area (Å²) in [6.07, 6.45) is 2.00. The standard InChI is InChI=1S/C18H25N3/c1-5-19-11-15-12-20-18(21(6-2)13-14(3)4)17-10-8-7-9-16(15)17/h7-10,12,19H,3,5-6,11,13H2,1-2,4H3. The lowest BCUT2D eigenvalue weighted by Crippen LogP contribution is -2.26. The maximum Gasteiger partial charge on any atom is 0.136 e. The van der Waals surface area contributed by atoms with Crippen LogP contribution < -0.4 is 10.2 Å². The summed E-state index contributed by atoms with van der Waals surface area (Å²) in [5, 5.41) is 5.88. The highest BCUT2D eigenvalue weighted by Crippen LogP contribution is 2.27. The van der Waals surface area contributed by atoms with Gasteiger partial charge in [-0.15, -0.1) is 0 Å². The molecule has 0 bridgehead atoms. The third-order valence-corrected chi connectivity index (χ3v) is 3.56. The number of pyridine rings is 1. The first-order valence-electron chi connectivity index (χ1n) is 7.64. The molecule has 0 aliphatic rings. The van der Waals surface area contributed by atoms with Crippen LogP contribution in [0.25, 0.3) is 10.8 Å². The largest absolute Gasteiger partial charge is 0.352 e. The average molecular weight is 283 g/mol. The van der Waals surface area contributed by atoms with Crippen molar-refractivity contribution in [1.29, 1.82) is 0 Å². The molecule has 0 unspecified atom stereocenters. The Bertz CT molecular complexity index is 619. The Kier molecular flexibility index (Phi) is 5.34. The van der Waals surface area contributed by atoms with Gasteiger partial charge in [0, 0.05) is 31.2 Å². The summed E-state index contributed by atoms with van der Waals surface area (Å²) >= 11 is 0. The molecule has 0 atom stereocenters. The number of aromatic nitrogens is 1. The molecule has 3 nitrogen and oxygen atoms in total. The fourth-order valence-electron chi connectivity index (χ4n) is 2.55. The Hall–Kier alpha value is -1.87. The van der Waals surface area contributed by atoms with Gasteiger partial charge in [0.05, 0.1) is 0 Å². The zero-order valence-corrected chi connectivity index (χ0v) is 13.3. The fraction of sp³-hybridized carbons (Fsp3) is 0.389. The third kappa shape index (κ3) is 3.61. The normalized spacial score (nSPS) is 10.8. The molecule has 0 saturated carbocycles. The number of nitrogens with zero attached hydrogens (tertiary/aromatic N) is 2. The highest BCUT2D eigenvalue weighted by Gasteiger charge is 2.12. The Morgan fingerprint density at radius 2 is 1.95 bits per heavy atom. The Morgan fingerprint density at radius 3 is 2.57 bits per heavy atom. The molecule has 112 valence electrons. The van der Waals surface area contributed by atoms with E-state index in [-0.39, 0.29) is 0 Å². The van der Waals surface area contributed by atoms with Crippen LogP contribution in [0.3, 0.4) is 0 Å². The van der Waals surface area contributed by atoms with E-state index in [0.717, 1.165) is 37.6 Å². The van der Waals surface area contributed by atoms with Gasteiger partial charge < -0.3 is 10.2 Å². The molecule has 0 aliphatic heterocycles. The van der Waals surface area contributed by atoms with E-state index >= 15 is 0 Å². The summed E-state index contributed by atoms with van der Waals surface area (Å²) in [5.74, 6) is 1.05. The molecule has 0 amide bonds. The molecule has 2 aromatic rings. The van der Waals surface area contributed by atoms with Gasteiger partial charge in [0.15, 0.2) is 0 Å². The SMILES string of the molecule is C=C(C)CN(CC)c1ncc(CNCC)c2ccccc12. The minimum atomic E-state index is 0.847. The van der Waals surface area contributed by atoms with E-state index in [1.54, 1.807) is 0 Å². The van der Waals surface area contributed by atoms with E-state index in [1.807, 2.05) is 6.20 Å². The van der Waals surface area contributed by atoms with Crippen molar-refractivity contribution in [3.63, 3.8) is 0 Å². The number of anilines is 1. The first-order chi connectivity index (χ1) is 10.2. The zero-order valence-electron chi connectivity index (χ0n) is 13.3. The van der Waals surface area contributed by atoms with Crippen molar-refractivity contribution in [2.75, 3.05) is 24.5 Å². The van der Waals surface area contributed by atoms with Crippen molar-refractivity contribution < 1.29 is 0 Å². The van der Waals surface area contributed by atoms with Crippen LogP contribution in [0.15, 0.2) is 42.6 Å². The Balaban J connectivity index is 2.48. The molecule has 3 heteroatoms. The minimum Gasteiger partial charge on any atom is -0.352 e. The van der Waals surface area contributed by atoms with Crippen LogP contribution in [0.1, 0.15) is 26.3 Å². The van der Waals surface area contributed by atoms with E-state index in [2.05, 4.69) is 61.8 Å². The second kappa shape index (κ2) is 7.23. The van der Waals surface area contributed by atoms with Crippen molar-refractivity contribution in [3.8, 4) is 0 Å². The van der Waals surface area contributed by atoms with Gasteiger partial charge in [0.2, 0.25) is 0 Å². The zero-order chi connectivity index (χ0) is 15.2. The quantitative estimate of drug-likeness (QED) is 0.784. The topological polar surface area (TPSA) is 28.2 Å². The molecular weight excluding hydrogens is 258 g/mol. The van der Waals surface area contributed by atoms with E-state index < -0.39 is 0 Å². The second-order valence-electron chi connectivity index (χ2n) is 5.40. The molecular formula is C18H25N3. The van der Waals surface area contributed by atoms with Gasteiger partial charge in [-0.05, 0) is 31.3 Å². The number of benzene rings is 1. The molecule has 0 fully saturated rings. The summed E-state index contributed by atoms with van der Waals surface area (Å²) in [5.41, 5.74) is 2.40. The number of rotatable bonds is 7. The second-order valence-corrected chi connectivity index (χ2v) is 5.40. The van der Waals surface area contributed by atoms with E-state index in [4.69, 9.17) is 4.98 Å². The van der Waals surface area contributed by atoms with Gasteiger partial charge in [-0.1, -0.05) is 43.3 Å². The number of hydrogen-bond donors (Lipinski definition) is 1. The Morgan fingerprint density at radius 1 is 1.24 bits per heavy atom. The highest BCUT2D eigenvalue weighted by molar-refractivity contribution is 5.94. The Labute approximate surface area is 127 Å². The predicted molar refractivity (Wildman–Crippen MR) is 91.8 cm³/mol. The van der Waals surface area contributed by atoms with E-state index in [1.165, 1.54) is 16.3 Å². The molecule has 0 saturated heterocycles. The molecule has 21 heavy (non-hydrogen) atoms. The maximum absolute atomic E-state index is 4.73. The first-order valence-corrected chi connectivity index (χ1v) is 7.64. The van der Waals surface area contributed by atoms with Crippen molar-refractivity contribution >= 4 is 16.6 Å². The van der Waals surface area contributed by atoms with Crippen LogP contribution in [0.4, 0.5) is 5.82 Å². The molecule has 1 aromatic heterocycles. The van der Waals surface area contributed by atoms with Gasteiger partial charge in [0.25, 0.3) is 0 Å². The number of fused-ring (bicyclic) bond motifs is 1. The van der Waals surface area contributed by atoms with Crippen molar-refractivity contribution in [1.82, 2.24) is 10.3 Å². The summed E-state index contributed by atoms with van der Waals surface area (Å²) in [7, 11) is 0. The van der Waals surface area contributed by atoms with Gasteiger partial charge in [0.1, 0.15) is 5.82 Å². The first kappa shape index (κ1) is 15.5. The van der Waals surface area contributed by atoms with Crippen LogP contribution in [-0.2, 0) is 6.54 Å². The van der Waals surface area contributed by atoms with Crippen molar-refractivity contribution in [3.05, 3.63) is 48.2 Å². The molecule has 0 radical (unpaired) electrons. The van der Waals surface area contributed by atoms with Crippen molar-refractivity contribution in [2.24, 2.45) is 0 Å². The molecule has 2 rings (SSSR count). The molecule has 1 aromatic carbocycles. The molecule has 0 aliphatic carbocycles. The number of nitrogens with one attached hydrogen (secondary N) is 1. The maximum atomic E-state index is 4.73. The number of likely N-dealkylation sites (N-methyl/N-ethyl adjacent to an activating group) is 1. The lowest BCUT2D eigenvalue weighted by Gasteiger charge is -2.24. The predicted octanol–water partition coefficient (Wildman–Crippen LogP) is 3.75. The van der Waals surface area contributed by atoms with E-state index in [9.17, 15) is 0 Å². The highest BCUT2D eigenvalue weighted by atomic mass is 15.2. The molecule has 0 spiro atoms. The summed E-state index contributed by atoms with van der Waals surface area (Å²) in [6, 6.07) is 8.52. The van der Waals surface area contributed by atoms with Gasteiger partial charge in [-0.2, -0.15) is 0 Å². The van der Waals surface area contributed by atoms with Crippen LogP contribution >= 0.6 is 0 Å². The molecule has 1 heterocycles. The minimum absolute atomic E-state index is 0.847. The van der Waals surface area contributed by atoms with Crippen LogP contribution in [-0.4, -0.2) is 24.6 Å². The van der Waals surface area contributed by atoms with E-state index in [0.29, 0.717) is 0 Å². The summed E-state index contributed by atoms with van der Waals surface area (Å²) in [4.78, 5) is 7.01. The van der Waals surface area contributed by atoms with Gasteiger partial charge in [-0.25, -0.2) is 4.98 Å². The average Bonchev–Trinajstić information content (AvgIpc) is 2.50. The lowest BCUT2D eigenvalue weighted by molar-refractivity contribution is 0.728. The summed E-state index contributed by atoms with van der Waals surface area (Å²) < 4.78 is 0. The monoisotopic (exact) mass is 283 g/mol. The van der Waals surface area contributed by atoms with Crippen LogP contribution in [0.2, 0.25) is 0 Å². The number of hydrogen-bond acceptors (Lipinski definition) is 3. The van der Waals surface area contributed by atoms with Crippen LogP contribution in [0.5, 0.6) is 0 Å². The smallest absolute Gasteiger partial charge is 0.136 e. The van der Waals surface area contributed by atoms with Gasteiger partial charge in [-0.3, -0.25) is 0 Å². The third-order valence-electron chi connectivity index (χ3n) is 3.56. The van der Waals surface area contributed by atoms with Crippen LogP contribution in [0, 0.1) is 0 Å². The fourth-order valence-corrected chi connectivity index (χ4v) is 2.55. The van der Waals surface area contributed by atoms with Gasteiger partial charge >= 0.3 is 0 Å².